The Labute approximate surface area is 55.8 Å². The van der Waals surface area contributed by atoms with Gasteiger partial charge in [-0.3, -0.25) is 0 Å². The van der Waals surface area contributed by atoms with Crippen molar-refractivity contribution in [3.63, 3.8) is 0 Å². The van der Waals surface area contributed by atoms with E-state index in [2.05, 4.69) is 13.5 Å². The van der Waals surface area contributed by atoms with Crippen LogP contribution in [-0.4, -0.2) is 23.1 Å². The minimum Gasteiger partial charge on any atom is -0.0999 e. The summed E-state index contributed by atoms with van der Waals surface area (Å²) in [5.41, 5.74) is 1.00. The van der Waals surface area contributed by atoms with Crippen LogP contribution < -0.4 is 0 Å². The van der Waals surface area contributed by atoms with E-state index >= 15 is 0 Å². The molecule has 0 nitrogen and oxygen atoms in total. The molecule has 0 aromatic carbocycles. The molecule has 0 saturated carbocycles. The average molecular weight is 95.4 g/mol. The van der Waals surface area contributed by atoms with E-state index in [1.807, 2.05) is 6.92 Å². The minimum atomic E-state index is 0. The highest BCUT2D eigenvalue weighted by molar-refractivity contribution is 5.75. The molecule has 0 saturated heterocycles. The molecule has 33 valence electrons. The molecule has 0 fully saturated rings. The van der Waals surface area contributed by atoms with Gasteiger partial charge in [-0.25, -0.2) is 0 Å². The largest absolute Gasteiger partial charge is 0.316 e. The summed E-state index contributed by atoms with van der Waals surface area (Å²) in [5, 5.41) is 0. The monoisotopic (exact) mass is 95.1 g/mol. The van der Waals surface area contributed by atoms with Crippen LogP contribution in [0, 0.1) is 6.92 Å². The Kier molecular flexibility index (Phi) is 8.91. The van der Waals surface area contributed by atoms with E-state index in [9.17, 15) is 0 Å². The molecule has 0 N–H and O–H groups in total. The summed E-state index contributed by atoms with van der Waals surface area (Å²) in [6.45, 7) is 9.16. The number of rotatable bonds is 1. The van der Waals surface area contributed by atoms with Crippen LogP contribution in [0.25, 0.3) is 0 Å². The smallest absolute Gasteiger partial charge is 0.0999 e. The fourth-order valence-electron chi connectivity index (χ4n) is 0. The molecule has 0 spiro atoms. The van der Waals surface area contributed by atoms with Gasteiger partial charge in [-0.15, -0.1) is 0 Å². The summed E-state index contributed by atoms with van der Waals surface area (Å²) in [6, 6.07) is 0. The van der Waals surface area contributed by atoms with E-state index in [0.29, 0.717) is 0 Å². The molecule has 0 aliphatic heterocycles. The second kappa shape index (κ2) is 5.51. The standard InChI is InChI=1S/C5H9.Mg.2H/c1-4-5(2)3;;;/h2-4H2,1H3;;;. The molecule has 0 atom stereocenters. The normalized spacial score (nSPS) is 6.33. The first kappa shape index (κ1) is 9.71. The van der Waals surface area contributed by atoms with Gasteiger partial charge in [-0.2, -0.15) is 0 Å². The van der Waals surface area contributed by atoms with Gasteiger partial charge in [0.15, 0.2) is 0 Å². The molecule has 0 heterocycles. The van der Waals surface area contributed by atoms with Crippen molar-refractivity contribution in [2.75, 3.05) is 0 Å². The zero-order valence-electron chi connectivity index (χ0n) is 3.62. The molecule has 0 amide bonds. The Morgan fingerprint density at radius 2 is 1.83 bits per heavy atom. The summed E-state index contributed by atoms with van der Waals surface area (Å²) in [5.74, 6) is 0. The molecule has 0 aromatic heterocycles. The fourth-order valence-corrected chi connectivity index (χ4v) is 0. The van der Waals surface area contributed by atoms with E-state index in [1.54, 1.807) is 0 Å². The summed E-state index contributed by atoms with van der Waals surface area (Å²) >= 11 is 0. The highest BCUT2D eigenvalue weighted by Gasteiger charge is 1.68. The van der Waals surface area contributed by atoms with Gasteiger partial charge in [0, 0.05) is 0 Å². The van der Waals surface area contributed by atoms with Crippen LogP contribution in [0.5, 0.6) is 0 Å². The van der Waals surface area contributed by atoms with Crippen LogP contribution in [-0.2, 0) is 0 Å². The summed E-state index contributed by atoms with van der Waals surface area (Å²) in [7, 11) is 0. The van der Waals surface area contributed by atoms with Crippen molar-refractivity contribution in [1.82, 2.24) is 0 Å². The van der Waals surface area contributed by atoms with Crippen molar-refractivity contribution in [3.05, 3.63) is 19.1 Å². The molecule has 0 aliphatic rings. The van der Waals surface area contributed by atoms with Crippen LogP contribution in [0.3, 0.4) is 0 Å². The van der Waals surface area contributed by atoms with Gasteiger partial charge in [0.2, 0.25) is 0 Å². The van der Waals surface area contributed by atoms with Gasteiger partial charge < -0.3 is 0 Å². The first-order chi connectivity index (χ1) is 2.27. The Hall–Kier alpha value is 0.506. The first-order valence-electron chi connectivity index (χ1n) is 1.77. The molecule has 1 heteroatoms. The quantitative estimate of drug-likeness (QED) is 0.424. The third-order valence-corrected chi connectivity index (χ3v) is 0.500. The van der Waals surface area contributed by atoms with E-state index in [-0.39, 0.29) is 23.1 Å². The van der Waals surface area contributed by atoms with Crippen molar-refractivity contribution in [3.8, 4) is 0 Å². The lowest BCUT2D eigenvalue weighted by Crippen LogP contribution is -1.59. The van der Waals surface area contributed by atoms with Gasteiger partial charge in [-0.1, -0.05) is 19.1 Å². The van der Waals surface area contributed by atoms with E-state index < -0.39 is 0 Å². The summed E-state index contributed by atoms with van der Waals surface area (Å²) in [4.78, 5) is 0. The second-order valence-corrected chi connectivity index (χ2v) is 1.10. The maximum Gasteiger partial charge on any atom is 0.316 e. The SMILES string of the molecule is [CH2]C(=C)CC.[MgH2]. The predicted octanol–water partition coefficient (Wildman–Crippen LogP) is 0.870. The summed E-state index contributed by atoms with van der Waals surface area (Å²) in [6.07, 6.45) is 1.00. The third-order valence-electron chi connectivity index (χ3n) is 0.500. The van der Waals surface area contributed by atoms with Crippen molar-refractivity contribution in [1.29, 1.82) is 0 Å². The fraction of sp³-hybridized carbons (Fsp3) is 0.400. The van der Waals surface area contributed by atoms with Crippen LogP contribution in [0.15, 0.2) is 12.2 Å². The summed E-state index contributed by atoms with van der Waals surface area (Å²) < 4.78 is 0. The van der Waals surface area contributed by atoms with Gasteiger partial charge in [0.1, 0.15) is 0 Å². The second-order valence-electron chi connectivity index (χ2n) is 1.10. The molecule has 1 radical (unpaired) electrons. The van der Waals surface area contributed by atoms with Crippen LogP contribution in [0.1, 0.15) is 13.3 Å². The highest BCUT2D eigenvalue weighted by atomic mass is 24.3. The number of allylic oxidation sites excluding steroid dienone is 1. The lowest BCUT2D eigenvalue weighted by molar-refractivity contribution is 1.16. The zero-order valence-corrected chi connectivity index (χ0v) is 3.62. The minimum absolute atomic E-state index is 0. The first-order valence-corrected chi connectivity index (χ1v) is 1.77. The highest BCUT2D eigenvalue weighted by Crippen LogP contribution is 1.87. The lowest BCUT2D eigenvalue weighted by atomic mass is 10.3. The van der Waals surface area contributed by atoms with Crippen molar-refractivity contribution >= 4 is 23.1 Å². The molecular formula is C5H11Mg. The Balaban J connectivity index is 0. The van der Waals surface area contributed by atoms with Crippen molar-refractivity contribution in [2.45, 2.75) is 13.3 Å². The molecular weight excluding hydrogens is 84.4 g/mol. The maximum absolute atomic E-state index is 3.56. The molecule has 0 rings (SSSR count). The predicted molar refractivity (Wildman–Crippen MR) is 33.3 cm³/mol. The topological polar surface area (TPSA) is 0 Å². The van der Waals surface area contributed by atoms with Gasteiger partial charge >= 0.3 is 23.1 Å². The van der Waals surface area contributed by atoms with E-state index in [4.69, 9.17) is 0 Å². The molecule has 0 unspecified atom stereocenters. The van der Waals surface area contributed by atoms with Crippen molar-refractivity contribution < 1.29 is 0 Å². The van der Waals surface area contributed by atoms with Crippen LogP contribution in [0.4, 0.5) is 0 Å². The maximum atomic E-state index is 3.56. The molecule has 6 heavy (non-hydrogen) atoms. The van der Waals surface area contributed by atoms with Gasteiger partial charge in [-0.05, 0) is 13.3 Å². The van der Waals surface area contributed by atoms with Gasteiger partial charge in [0.25, 0.3) is 0 Å². The Morgan fingerprint density at radius 3 is 1.83 bits per heavy atom. The average Bonchev–Trinajstić information content (AvgIpc) is 1.38. The lowest BCUT2D eigenvalue weighted by Gasteiger charge is -1.79. The third kappa shape index (κ3) is 8.82. The Bertz CT molecular complexity index is 39.2. The van der Waals surface area contributed by atoms with E-state index in [0.717, 1.165) is 12.0 Å². The van der Waals surface area contributed by atoms with E-state index in [1.165, 1.54) is 0 Å². The molecule has 0 aromatic rings. The number of hydrogen-bond donors (Lipinski definition) is 0. The van der Waals surface area contributed by atoms with Crippen molar-refractivity contribution in [2.24, 2.45) is 0 Å². The van der Waals surface area contributed by atoms with Crippen LogP contribution >= 0.6 is 0 Å². The van der Waals surface area contributed by atoms with Crippen LogP contribution in [0.2, 0.25) is 0 Å². The molecule has 0 aliphatic carbocycles. The zero-order chi connectivity index (χ0) is 4.28. The van der Waals surface area contributed by atoms with Gasteiger partial charge in [0.05, 0.1) is 0 Å². The Morgan fingerprint density at radius 1 is 1.67 bits per heavy atom. The molecule has 0 bridgehead atoms. The number of hydrogen-bond acceptors (Lipinski definition) is 0.